The van der Waals surface area contributed by atoms with E-state index in [1.165, 1.54) is 12.1 Å². The van der Waals surface area contributed by atoms with E-state index >= 15 is 0 Å². The summed E-state index contributed by atoms with van der Waals surface area (Å²) in [5.41, 5.74) is 13.8. The third kappa shape index (κ3) is 5.16. The van der Waals surface area contributed by atoms with Crippen LogP contribution in [-0.2, 0) is 0 Å². The maximum absolute atomic E-state index is 13.1. The summed E-state index contributed by atoms with van der Waals surface area (Å²) in [6, 6.07) is 9.34. The zero-order valence-electron chi connectivity index (χ0n) is 15.6. The van der Waals surface area contributed by atoms with Crippen LogP contribution in [-0.4, -0.2) is 35.1 Å². The number of nitrogens with zero attached hydrogens (tertiary/aromatic N) is 3. The second-order valence-corrected chi connectivity index (χ2v) is 7.35. The number of benzene rings is 1. The highest BCUT2D eigenvalue weighted by atomic mass is 35.5. The molecule has 1 aliphatic carbocycles. The molecule has 0 radical (unpaired) electrons. The van der Waals surface area contributed by atoms with Crippen molar-refractivity contribution in [1.29, 1.82) is 0 Å². The molecule has 0 spiro atoms. The van der Waals surface area contributed by atoms with Gasteiger partial charge in [0.1, 0.15) is 11.6 Å². The van der Waals surface area contributed by atoms with Crippen molar-refractivity contribution in [1.82, 2.24) is 9.97 Å². The summed E-state index contributed by atoms with van der Waals surface area (Å²) >= 11 is 0. The van der Waals surface area contributed by atoms with E-state index in [9.17, 15) is 4.39 Å². The van der Waals surface area contributed by atoms with Gasteiger partial charge in [-0.2, -0.15) is 4.98 Å². The number of nitrogen functional groups attached to an aromatic ring is 1. The molecule has 2 heterocycles. The number of hydrogen-bond donors (Lipinski definition) is 3. The van der Waals surface area contributed by atoms with Gasteiger partial charge in [0.2, 0.25) is 5.95 Å². The molecule has 0 amide bonds. The molecular weight excluding hydrogens is 402 g/mol. The molecule has 1 aromatic carbocycles. The number of aromatic nitrogens is 2. The predicted molar refractivity (Wildman–Crippen MR) is 116 cm³/mol. The topological polar surface area (TPSA) is 93.1 Å². The minimum atomic E-state index is -0.199. The van der Waals surface area contributed by atoms with Crippen molar-refractivity contribution >= 4 is 42.3 Å². The van der Waals surface area contributed by atoms with Gasteiger partial charge in [0.25, 0.3) is 0 Å². The summed E-state index contributed by atoms with van der Waals surface area (Å²) in [7, 11) is 0. The van der Waals surface area contributed by atoms with Crippen molar-refractivity contribution in [3.05, 3.63) is 41.8 Å². The molecule has 2 aromatic rings. The van der Waals surface area contributed by atoms with E-state index < -0.39 is 0 Å². The lowest BCUT2D eigenvalue weighted by Gasteiger charge is -2.34. The first kappa shape index (κ1) is 22.5. The largest absolute Gasteiger partial charge is 0.371 e. The summed E-state index contributed by atoms with van der Waals surface area (Å²) in [5.74, 6) is 1.31. The highest BCUT2D eigenvalue weighted by Crippen LogP contribution is 2.35. The van der Waals surface area contributed by atoms with Gasteiger partial charge in [0, 0.05) is 42.8 Å². The minimum absolute atomic E-state index is 0. The maximum Gasteiger partial charge on any atom is 0.222 e. The third-order valence-electron chi connectivity index (χ3n) is 5.39. The number of hydrogen-bond acceptors (Lipinski definition) is 6. The number of anilines is 3. The molecule has 1 saturated heterocycles. The van der Waals surface area contributed by atoms with Crippen LogP contribution in [0.4, 0.5) is 21.8 Å². The number of halogens is 3. The smallest absolute Gasteiger partial charge is 0.222 e. The van der Waals surface area contributed by atoms with E-state index in [4.69, 9.17) is 11.5 Å². The zero-order chi connectivity index (χ0) is 18.1. The SMILES string of the molecule is Cl.Cl.Nc1nc(NC2CCN(c3ccc(F)cc3)CC2)cc(C2CC(N)C2)n1. The van der Waals surface area contributed by atoms with E-state index in [0.717, 1.165) is 56.0 Å². The average molecular weight is 429 g/mol. The highest BCUT2D eigenvalue weighted by Gasteiger charge is 2.29. The Hall–Kier alpha value is -1.83. The molecule has 0 bridgehead atoms. The van der Waals surface area contributed by atoms with Gasteiger partial charge in [-0.25, -0.2) is 9.37 Å². The van der Waals surface area contributed by atoms with Crippen molar-refractivity contribution in [3.63, 3.8) is 0 Å². The molecular formula is C19H27Cl2FN6. The van der Waals surface area contributed by atoms with Crippen LogP contribution in [0.25, 0.3) is 0 Å². The van der Waals surface area contributed by atoms with Gasteiger partial charge in [-0.15, -0.1) is 24.8 Å². The number of rotatable bonds is 4. The lowest BCUT2D eigenvalue weighted by atomic mass is 9.78. The van der Waals surface area contributed by atoms with Crippen LogP contribution in [0.1, 0.15) is 37.3 Å². The quantitative estimate of drug-likeness (QED) is 0.691. The maximum atomic E-state index is 13.1. The van der Waals surface area contributed by atoms with E-state index in [1.807, 2.05) is 18.2 Å². The molecule has 9 heteroatoms. The van der Waals surface area contributed by atoms with Crippen LogP contribution >= 0.6 is 24.8 Å². The van der Waals surface area contributed by atoms with E-state index in [0.29, 0.717) is 17.9 Å². The van der Waals surface area contributed by atoms with Crippen molar-refractivity contribution in [2.45, 2.75) is 43.7 Å². The molecule has 2 fully saturated rings. The van der Waals surface area contributed by atoms with Crippen molar-refractivity contribution < 1.29 is 4.39 Å². The van der Waals surface area contributed by atoms with Gasteiger partial charge in [-0.05, 0) is 49.9 Å². The molecule has 0 unspecified atom stereocenters. The van der Waals surface area contributed by atoms with Gasteiger partial charge >= 0.3 is 0 Å². The van der Waals surface area contributed by atoms with Gasteiger partial charge < -0.3 is 21.7 Å². The Morgan fingerprint density at radius 3 is 2.29 bits per heavy atom. The van der Waals surface area contributed by atoms with Crippen molar-refractivity contribution in [2.24, 2.45) is 5.73 Å². The Kier molecular flexibility index (Phi) is 7.69. The van der Waals surface area contributed by atoms with Crippen LogP contribution in [0.15, 0.2) is 30.3 Å². The minimum Gasteiger partial charge on any atom is -0.371 e. The van der Waals surface area contributed by atoms with Crippen LogP contribution in [0, 0.1) is 5.82 Å². The first-order valence-electron chi connectivity index (χ1n) is 9.24. The van der Waals surface area contributed by atoms with Crippen LogP contribution in [0.3, 0.4) is 0 Å². The Bertz CT molecular complexity index is 762. The normalized spacial score (nSPS) is 21.9. The fourth-order valence-electron chi connectivity index (χ4n) is 3.81. The van der Waals surface area contributed by atoms with Crippen LogP contribution < -0.4 is 21.7 Å². The highest BCUT2D eigenvalue weighted by molar-refractivity contribution is 5.85. The molecule has 1 saturated carbocycles. The molecule has 6 nitrogen and oxygen atoms in total. The molecule has 1 aromatic heterocycles. The summed E-state index contributed by atoms with van der Waals surface area (Å²) in [6.45, 7) is 1.85. The molecule has 154 valence electrons. The fraction of sp³-hybridized carbons (Fsp3) is 0.474. The van der Waals surface area contributed by atoms with Gasteiger partial charge in [0.15, 0.2) is 0 Å². The van der Waals surface area contributed by atoms with E-state index in [2.05, 4.69) is 20.2 Å². The Morgan fingerprint density at radius 1 is 1.04 bits per heavy atom. The number of nitrogens with two attached hydrogens (primary N) is 2. The second-order valence-electron chi connectivity index (χ2n) is 7.35. The molecule has 4 rings (SSSR count). The molecule has 0 atom stereocenters. The fourth-order valence-corrected chi connectivity index (χ4v) is 3.81. The number of nitrogens with one attached hydrogen (secondary N) is 1. The van der Waals surface area contributed by atoms with Crippen LogP contribution in [0.2, 0.25) is 0 Å². The van der Waals surface area contributed by atoms with Crippen LogP contribution in [0.5, 0.6) is 0 Å². The Balaban J connectivity index is 0.00000140. The van der Waals surface area contributed by atoms with Crippen molar-refractivity contribution in [2.75, 3.05) is 29.0 Å². The molecule has 2 aliphatic rings. The van der Waals surface area contributed by atoms with Gasteiger partial charge in [-0.3, -0.25) is 0 Å². The van der Waals surface area contributed by atoms with Crippen molar-refractivity contribution in [3.8, 4) is 0 Å². The Labute approximate surface area is 177 Å². The lowest BCUT2D eigenvalue weighted by Crippen LogP contribution is -2.39. The predicted octanol–water partition coefficient (Wildman–Crippen LogP) is 3.33. The van der Waals surface area contributed by atoms with Gasteiger partial charge in [0.05, 0.1) is 5.69 Å². The first-order chi connectivity index (χ1) is 12.6. The molecule has 28 heavy (non-hydrogen) atoms. The number of piperidine rings is 1. The summed E-state index contributed by atoms with van der Waals surface area (Å²) in [4.78, 5) is 11.0. The first-order valence-corrected chi connectivity index (χ1v) is 9.24. The molecule has 1 aliphatic heterocycles. The zero-order valence-corrected chi connectivity index (χ0v) is 17.2. The molecule has 5 N–H and O–H groups in total. The monoisotopic (exact) mass is 428 g/mol. The summed E-state index contributed by atoms with van der Waals surface area (Å²) in [6.07, 6.45) is 3.91. The standard InChI is InChI=1S/C19H25FN6.2ClH/c20-13-1-3-16(4-2-13)26-7-5-15(6-8-26)23-18-11-17(24-19(22)25-18)12-9-14(21)10-12;;/h1-4,11-12,14-15H,5-10,21H2,(H3,22,23,24,25);2*1H. The van der Waals surface area contributed by atoms with E-state index in [1.54, 1.807) is 0 Å². The lowest BCUT2D eigenvalue weighted by molar-refractivity contribution is 0.345. The Morgan fingerprint density at radius 2 is 1.68 bits per heavy atom. The third-order valence-corrected chi connectivity index (χ3v) is 5.39. The second kappa shape index (κ2) is 9.58. The van der Waals surface area contributed by atoms with E-state index in [-0.39, 0.29) is 36.7 Å². The summed E-state index contributed by atoms with van der Waals surface area (Å²) in [5, 5.41) is 3.51. The average Bonchev–Trinajstić information content (AvgIpc) is 2.60. The summed E-state index contributed by atoms with van der Waals surface area (Å²) < 4.78 is 13.1. The van der Waals surface area contributed by atoms with Gasteiger partial charge in [-0.1, -0.05) is 0 Å².